The summed E-state index contributed by atoms with van der Waals surface area (Å²) >= 11 is 3.29. The van der Waals surface area contributed by atoms with E-state index in [1.807, 2.05) is 0 Å². The van der Waals surface area contributed by atoms with Crippen molar-refractivity contribution in [1.29, 1.82) is 0 Å². The molecule has 0 fully saturated rings. The number of methoxy groups -OCH3 is 3. The number of halogens is 1. The van der Waals surface area contributed by atoms with E-state index in [0.717, 1.165) is 0 Å². The SMILES string of the molecule is COCCNS(=O)(=O)c1ccc(Br)c(C(=O)Nc2cc(OC)cc(OC)c2)c1. The molecule has 2 aromatic carbocycles. The van der Waals surface area contributed by atoms with E-state index in [1.54, 1.807) is 18.2 Å². The maximum atomic E-state index is 12.7. The maximum Gasteiger partial charge on any atom is 0.256 e. The fraction of sp³-hybridized carbons (Fsp3) is 0.278. The number of rotatable bonds is 9. The van der Waals surface area contributed by atoms with Gasteiger partial charge in [0.05, 0.1) is 31.3 Å². The summed E-state index contributed by atoms with van der Waals surface area (Å²) in [4.78, 5) is 12.7. The largest absolute Gasteiger partial charge is 0.497 e. The predicted molar refractivity (Wildman–Crippen MR) is 109 cm³/mol. The van der Waals surface area contributed by atoms with Crippen LogP contribution in [0.2, 0.25) is 0 Å². The van der Waals surface area contributed by atoms with Gasteiger partial charge in [-0.25, -0.2) is 13.1 Å². The highest BCUT2D eigenvalue weighted by Crippen LogP contribution is 2.27. The van der Waals surface area contributed by atoms with Crippen molar-refractivity contribution in [2.75, 3.05) is 39.8 Å². The number of anilines is 1. The Kier molecular flexibility index (Phi) is 7.81. The van der Waals surface area contributed by atoms with E-state index in [2.05, 4.69) is 26.0 Å². The highest BCUT2D eigenvalue weighted by molar-refractivity contribution is 9.10. The minimum absolute atomic E-state index is 0.0276. The van der Waals surface area contributed by atoms with Crippen molar-refractivity contribution in [3.05, 3.63) is 46.4 Å². The second-order valence-corrected chi connectivity index (χ2v) is 8.21. The van der Waals surface area contributed by atoms with Crippen molar-refractivity contribution in [3.63, 3.8) is 0 Å². The van der Waals surface area contributed by atoms with Gasteiger partial charge in [0.2, 0.25) is 10.0 Å². The van der Waals surface area contributed by atoms with Crippen LogP contribution in [0.1, 0.15) is 10.4 Å². The van der Waals surface area contributed by atoms with E-state index >= 15 is 0 Å². The van der Waals surface area contributed by atoms with E-state index in [9.17, 15) is 13.2 Å². The number of hydrogen-bond donors (Lipinski definition) is 2. The normalized spacial score (nSPS) is 11.1. The number of benzene rings is 2. The first-order valence-corrected chi connectivity index (χ1v) is 10.4. The van der Waals surface area contributed by atoms with E-state index in [0.29, 0.717) is 21.7 Å². The number of amides is 1. The Hall–Kier alpha value is -2.14. The molecule has 0 spiro atoms. The molecule has 1 amide bonds. The fourth-order valence-electron chi connectivity index (χ4n) is 2.29. The van der Waals surface area contributed by atoms with Crippen LogP contribution in [0.3, 0.4) is 0 Å². The molecule has 0 saturated carbocycles. The first-order chi connectivity index (χ1) is 13.3. The van der Waals surface area contributed by atoms with Crippen LogP contribution in [0.4, 0.5) is 5.69 Å². The molecule has 10 heteroatoms. The summed E-state index contributed by atoms with van der Waals surface area (Å²) in [5.41, 5.74) is 0.607. The first-order valence-electron chi connectivity index (χ1n) is 8.13. The molecular weight excluding hydrogens is 452 g/mol. The Bertz CT molecular complexity index is 927. The average Bonchev–Trinajstić information content (AvgIpc) is 2.67. The molecule has 152 valence electrons. The van der Waals surface area contributed by atoms with Gasteiger partial charge in [-0.1, -0.05) is 0 Å². The van der Waals surface area contributed by atoms with Crippen LogP contribution in [0, 0.1) is 0 Å². The summed E-state index contributed by atoms with van der Waals surface area (Å²) < 4.78 is 42.8. The molecule has 0 heterocycles. The molecule has 28 heavy (non-hydrogen) atoms. The zero-order valence-electron chi connectivity index (χ0n) is 15.6. The van der Waals surface area contributed by atoms with Crippen molar-refractivity contribution >= 4 is 37.5 Å². The Morgan fingerprint density at radius 2 is 1.68 bits per heavy atom. The molecule has 0 aliphatic carbocycles. The third-order valence-electron chi connectivity index (χ3n) is 3.70. The molecule has 0 unspecified atom stereocenters. The lowest BCUT2D eigenvalue weighted by atomic mass is 10.2. The molecule has 0 aromatic heterocycles. The molecule has 2 rings (SSSR count). The van der Waals surface area contributed by atoms with Crippen molar-refractivity contribution in [2.24, 2.45) is 0 Å². The van der Waals surface area contributed by atoms with Gasteiger partial charge in [-0.2, -0.15) is 0 Å². The second-order valence-electron chi connectivity index (χ2n) is 5.59. The van der Waals surface area contributed by atoms with Crippen LogP contribution >= 0.6 is 15.9 Å². The monoisotopic (exact) mass is 472 g/mol. The first kappa shape index (κ1) is 22.2. The molecule has 0 aliphatic heterocycles. The van der Waals surface area contributed by atoms with Crippen LogP contribution < -0.4 is 19.5 Å². The molecule has 0 bridgehead atoms. The van der Waals surface area contributed by atoms with Gasteiger partial charge in [-0.3, -0.25) is 4.79 Å². The van der Waals surface area contributed by atoms with Crippen LogP contribution in [0.15, 0.2) is 45.8 Å². The van der Waals surface area contributed by atoms with Gasteiger partial charge in [0, 0.05) is 42.0 Å². The molecule has 8 nitrogen and oxygen atoms in total. The molecule has 0 atom stereocenters. The van der Waals surface area contributed by atoms with Gasteiger partial charge in [-0.15, -0.1) is 0 Å². The van der Waals surface area contributed by atoms with Gasteiger partial charge < -0.3 is 19.5 Å². The van der Waals surface area contributed by atoms with Gasteiger partial charge >= 0.3 is 0 Å². The van der Waals surface area contributed by atoms with Crippen molar-refractivity contribution in [3.8, 4) is 11.5 Å². The van der Waals surface area contributed by atoms with Crippen LogP contribution in [-0.2, 0) is 14.8 Å². The van der Waals surface area contributed by atoms with Gasteiger partial charge in [-0.05, 0) is 34.1 Å². The minimum atomic E-state index is -3.77. The predicted octanol–water partition coefficient (Wildman–Crippen LogP) is 2.64. The molecular formula is C18H21BrN2O6S. The van der Waals surface area contributed by atoms with E-state index in [1.165, 1.54) is 39.5 Å². The number of ether oxygens (including phenoxy) is 3. The maximum absolute atomic E-state index is 12.7. The minimum Gasteiger partial charge on any atom is -0.497 e. The van der Waals surface area contributed by atoms with Crippen LogP contribution in [0.5, 0.6) is 11.5 Å². The zero-order chi connectivity index (χ0) is 20.7. The van der Waals surface area contributed by atoms with Gasteiger partial charge in [0.1, 0.15) is 11.5 Å². The number of sulfonamides is 1. The number of carbonyl (C=O) groups excluding carboxylic acids is 1. The molecule has 0 saturated heterocycles. The number of carbonyl (C=O) groups is 1. The molecule has 0 radical (unpaired) electrons. The van der Waals surface area contributed by atoms with Crippen molar-refractivity contribution in [2.45, 2.75) is 4.90 Å². The lowest BCUT2D eigenvalue weighted by Gasteiger charge is -2.12. The van der Waals surface area contributed by atoms with Gasteiger partial charge in [0.25, 0.3) is 5.91 Å². The fourth-order valence-corrected chi connectivity index (χ4v) is 3.75. The smallest absolute Gasteiger partial charge is 0.256 e. The van der Waals surface area contributed by atoms with Crippen LogP contribution in [-0.4, -0.2) is 48.8 Å². The summed E-state index contributed by atoms with van der Waals surface area (Å²) in [7, 11) is 0.710. The number of nitrogens with one attached hydrogen (secondary N) is 2. The topological polar surface area (TPSA) is 103 Å². The molecule has 2 aromatic rings. The van der Waals surface area contributed by atoms with Crippen LogP contribution in [0.25, 0.3) is 0 Å². The Balaban J connectivity index is 2.29. The summed E-state index contributed by atoms with van der Waals surface area (Å²) in [5.74, 6) is 0.524. The van der Waals surface area contributed by atoms with E-state index in [4.69, 9.17) is 14.2 Å². The second kappa shape index (κ2) is 9.87. The standard InChI is InChI=1S/C18H21BrN2O6S/c1-25-7-6-20-28(23,24)15-4-5-17(19)16(11-15)18(22)21-12-8-13(26-2)10-14(9-12)27-3/h4-5,8-11,20H,6-7H2,1-3H3,(H,21,22). The van der Waals surface area contributed by atoms with E-state index in [-0.39, 0.29) is 23.6 Å². The van der Waals surface area contributed by atoms with Crippen molar-refractivity contribution < 1.29 is 27.4 Å². The quantitative estimate of drug-likeness (QED) is 0.543. The Morgan fingerprint density at radius 1 is 1.04 bits per heavy atom. The lowest BCUT2D eigenvalue weighted by molar-refractivity contribution is 0.102. The van der Waals surface area contributed by atoms with Gasteiger partial charge in [0.15, 0.2) is 0 Å². The average molecular weight is 473 g/mol. The molecule has 2 N–H and O–H groups in total. The summed E-state index contributed by atoms with van der Waals surface area (Å²) in [5, 5.41) is 2.72. The highest BCUT2D eigenvalue weighted by Gasteiger charge is 2.19. The third kappa shape index (κ3) is 5.68. The van der Waals surface area contributed by atoms with E-state index < -0.39 is 15.9 Å². The third-order valence-corrected chi connectivity index (χ3v) is 5.85. The summed E-state index contributed by atoms with van der Waals surface area (Å²) in [6.45, 7) is 0.362. The zero-order valence-corrected chi connectivity index (χ0v) is 18.0. The Morgan fingerprint density at radius 3 is 2.25 bits per heavy atom. The lowest BCUT2D eigenvalue weighted by Crippen LogP contribution is -2.27. The Labute approximate surface area is 172 Å². The van der Waals surface area contributed by atoms with Crippen molar-refractivity contribution in [1.82, 2.24) is 4.72 Å². The number of hydrogen-bond acceptors (Lipinski definition) is 6. The molecule has 0 aliphatic rings. The summed E-state index contributed by atoms with van der Waals surface area (Å²) in [6, 6.07) is 9.13. The summed E-state index contributed by atoms with van der Waals surface area (Å²) in [6.07, 6.45) is 0. The highest BCUT2D eigenvalue weighted by atomic mass is 79.9.